The van der Waals surface area contributed by atoms with E-state index in [0.29, 0.717) is 6.42 Å². The van der Waals surface area contributed by atoms with Crippen molar-refractivity contribution in [3.05, 3.63) is 108 Å². The van der Waals surface area contributed by atoms with Gasteiger partial charge in [0.2, 0.25) is 0 Å². The molecule has 2 heterocycles. The summed E-state index contributed by atoms with van der Waals surface area (Å²) in [5, 5.41) is 15.8. The molecule has 0 radical (unpaired) electrons. The summed E-state index contributed by atoms with van der Waals surface area (Å²) in [7, 11) is 0. The van der Waals surface area contributed by atoms with E-state index in [1.165, 1.54) is 0 Å². The number of rotatable bonds is 4. The van der Waals surface area contributed by atoms with Crippen molar-refractivity contribution in [1.82, 2.24) is 9.97 Å². The van der Waals surface area contributed by atoms with E-state index in [0.717, 1.165) is 49.6 Å². The van der Waals surface area contributed by atoms with Crippen LogP contribution in [0.4, 0.5) is 0 Å². The van der Waals surface area contributed by atoms with Gasteiger partial charge in [0, 0.05) is 18.8 Å². The number of hydrogen-bond donors (Lipinski definition) is 1. The smallest absolute Gasteiger partial charge is 0.0888 e. The van der Waals surface area contributed by atoms with Gasteiger partial charge in [-0.05, 0) is 75.5 Å². The van der Waals surface area contributed by atoms with Gasteiger partial charge < -0.3 is 5.11 Å². The first-order chi connectivity index (χ1) is 14.7. The molecule has 0 spiro atoms. The minimum absolute atomic E-state index is 0.513. The molecule has 1 atom stereocenters. The molecule has 3 nitrogen and oxygen atoms in total. The Hall–Kier alpha value is -3.56. The fourth-order valence-corrected chi connectivity index (χ4v) is 4.15. The summed E-state index contributed by atoms with van der Waals surface area (Å²) < 4.78 is 0. The predicted octanol–water partition coefficient (Wildman–Crippen LogP) is 6.03. The van der Waals surface area contributed by atoms with Gasteiger partial charge in [-0.25, -0.2) is 0 Å². The number of aryl methyl sites for hydroxylation is 1. The molecule has 3 heteroatoms. The monoisotopic (exact) mass is 390 g/mol. The topological polar surface area (TPSA) is 46.0 Å². The van der Waals surface area contributed by atoms with Crippen molar-refractivity contribution in [2.75, 3.05) is 0 Å². The molecule has 1 N–H and O–H groups in total. The van der Waals surface area contributed by atoms with Crippen molar-refractivity contribution >= 4 is 21.5 Å². The van der Waals surface area contributed by atoms with Crippen LogP contribution in [-0.2, 0) is 6.42 Å². The zero-order chi connectivity index (χ0) is 20.5. The third kappa shape index (κ3) is 3.44. The summed E-state index contributed by atoms with van der Waals surface area (Å²) in [6, 6.07) is 26.7. The van der Waals surface area contributed by atoms with Crippen LogP contribution >= 0.6 is 0 Å². The molecule has 0 unspecified atom stereocenters. The van der Waals surface area contributed by atoms with Crippen molar-refractivity contribution in [3.63, 3.8) is 0 Å². The lowest BCUT2D eigenvalue weighted by atomic mass is 9.91. The standard InChI is InChI=1S/C27H22N2O/c1-18-10-12-28-24(14-18)25-15-19(11-13-29-25)16-26(30)27-22-8-4-2-6-20(22)17-21-7-3-5-9-23(21)27/h2-15,17,26,30H,16H2,1H3/t26-/m0/s1. The van der Waals surface area contributed by atoms with Gasteiger partial charge in [-0.15, -0.1) is 0 Å². The molecule has 3 aromatic carbocycles. The molecule has 0 aliphatic rings. The largest absolute Gasteiger partial charge is 0.388 e. The van der Waals surface area contributed by atoms with Crippen LogP contribution in [0.3, 0.4) is 0 Å². The lowest BCUT2D eigenvalue weighted by molar-refractivity contribution is 0.181. The Kier molecular flexibility index (Phi) is 4.74. The lowest BCUT2D eigenvalue weighted by Gasteiger charge is -2.17. The van der Waals surface area contributed by atoms with Crippen LogP contribution in [0.5, 0.6) is 0 Å². The van der Waals surface area contributed by atoms with Crippen molar-refractivity contribution in [3.8, 4) is 11.4 Å². The number of benzene rings is 3. The number of hydrogen-bond acceptors (Lipinski definition) is 3. The maximum atomic E-state index is 11.3. The van der Waals surface area contributed by atoms with Crippen LogP contribution in [0.25, 0.3) is 32.9 Å². The Morgan fingerprint density at radius 1 is 0.733 bits per heavy atom. The summed E-state index contributed by atoms with van der Waals surface area (Å²) in [6.45, 7) is 2.05. The van der Waals surface area contributed by atoms with Gasteiger partial charge in [0.25, 0.3) is 0 Å². The van der Waals surface area contributed by atoms with Gasteiger partial charge in [-0.2, -0.15) is 0 Å². The molecule has 2 aromatic heterocycles. The van der Waals surface area contributed by atoms with Crippen molar-refractivity contribution in [1.29, 1.82) is 0 Å². The van der Waals surface area contributed by atoms with Gasteiger partial charge >= 0.3 is 0 Å². The fourth-order valence-electron chi connectivity index (χ4n) is 4.15. The second-order valence-corrected chi connectivity index (χ2v) is 7.72. The van der Waals surface area contributed by atoms with E-state index in [1.807, 2.05) is 55.5 Å². The molecular formula is C27H22N2O. The molecule has 146 valence electrons. The number of aliphatic hydroxyl groups excluding tert-OH is 1. The minimum Gasteiger partial charge on any atom is -0.388 e. The molecule has 0 fully saturated rings. The molecule has 0 aliphatic carbocycles. The maximum absolute atomic E-state index is 11.3. The number of pyridine rings is 2. The first-order valence-electron chi connectivity index (χ1n) is 10.2. The number of aliphatic hydroxyl groups is 1. The van der Waals surface area contributed by atoms with Crippen LogP contribution in [0.1, 0.15) is 22.8 Å². The summed E-state index contributed by atoms with van der Waals surface area (Å²) in [4.78, 5) is 8.93. The molecule has 0 saturated carbocycles. The highest BCUT2D eigenvalue weighted by Crippen LogP contribution is 2.34. The predicted molar refractivity (Wildman–Crippen MR) is 122 cm³/mol. The van der Waals surface area contributed by atoms with E-state index in [9.17, 15) is 5.11 Å². The summed E-state index contributed by atoms with van der Waals surface area (Å²) in [5.41, 5.74) is 4.84. The molecule has 0 amide bonds. The van der Waals surface area contributed by atoms with E-state index < -0.39 is 6.10 Å². The van der Waals surface area contributed by atoms with E-state index in [2.05, 4.69) is 40.3 Å². The molecule has 0 aliphatic heterocycles. The Bertz CT molecular complexity index is 1310. The van der Waals surface area contributed by atoms with Crippen molar-refractivity contribution in [2.45, 2.75) is 19.4 Å². The third-order valence-corrected chi connectivity index (χ3v) is 5.58. The first kappa shape index (κ1) is 18.5. The van der Waals surface area contributed by atoms with Crippen LogP contribution in [-0.4, -0.2) is 15.1 Å². The summed E-state index contributed by atoms with van der Waals surface area (Å²) in [5.74, 6) is 0. The van der Waals surface area contributed by atoms with Crippen molar-refractivity contribution < 1.29 is 5.11 Å². The lowest BCUT2D eigenvalue weighted by Crippen LogP contribution is -2.04. The average Bonchev–Trinajstić information content (AvgIpc) is 2.77. The minimum atomic E-state index is -0.623. The van der Waals surface area contributed by atoms with Gasteiger partial charge in [-0.1, -0.05) is 48.5 Å². The van der Waals surface area contributed by atoms with Gasteiger partial charge in [-0.3, -0.25) is 9.97 Å². The number of aromatic nitrogens is 2. The molecule has 0 saturated heterocycles. The Labute approximate surface area is 175 Å². The van der Waals surface area contributed by atoms with Crippen LogP contribution in [0.2, 0.25) is 0 Å². The zero-order valence-electron chi connectivity index (χ0n) is 16.8. The maximum Gasteiger partial charge on any atom is 0.0888 e. The first-order valence-corrected chi connectivity index (χ1v) is 10.2. The van der Waals surface area contributed by atoms with E-state index in [-0.39, 0.29) is 0 Å². The zero-order valence-corrected chi connectivity index (χ0v) is 16.8. The highest BCUT2D eigenvalue weighted by molar-refractivity contribution is 6.02. The number of nitrogens with zero attached hydrogens (tertiary/aromatic N) is 2. The quantitative estimate of drug-likeness (QED) is 0.381. The Morgan fingerprint density at radius 3 is 2.00 bits per heavy atom. The molecule has 0 bridgehead atoms. The van der Waals surface area contributed by atoms with Crippen molar-refractivity contribution in [2.24, 2.45) is 0 Å². The summed E-state index contributed by atoms with van der Waals surface area (Å²) >= 11 is 0. The van der Waals surface area contributed by atoms with Crippen LogP contribution in [0, 0.1) is 6.92 Å². The molecule has 30 heavy (non-hydrogen) atoms. The van der Waals surface area contributed by atoms with E-state index in [4.69, 9.17) is 0 Å². The van der Waals surface area contributed by atoms with E-state index in [1.54, 1.807) is 12.4 Å². The van der Waals surface area contributed by atoms with Gasteiger partial charge in [0.05, 0.1) is 17.5 Å². The SMILES string of the molecule is Cc1ccnc(-c2cc(C[C@H](O)c3c4ccccc4cc4ccccc34)ccn2)c1. The Morgan fingerprint density at radius 2 is 1.33 bits per heavy atom. The normalized spacial score (nSPS) is 12.3. The third-order valence-electron chi connectivity index (χ3n) is 5.58. The summed E-state index contributed by atoms with van der Waals surface area (Å²) in [6.07, 6.45) is 3.49. The Balaban J connectivity index is 1.57. The molecule has 5 aromatic rings. The van der Waals surface area contributed by atoms with Crippen LogP contribution < -0.4 is 0 Å². The highest BCUT2D eigenvalue weighted by atomic mass is 16.3. The van der Waals surface area contributed by atoms with E-state index >= 15 is 0 Å². The molecular weight excluding hydrogens is 368 g/mol. The highest BCUT2D eigenvalue weighted by Gasteiger charge is 2.17. The fraction of sp³-hybridized carbons (Fsp3) is 0.111. The van der Waals surface area contributed by atoms with Gasteiger partial charge in [0.15, 0.2) is 0 Å². The van der Waals surface area contributed by atoms with Gasteiger partial charge in [0.1, 0.15) is 0 Å². The average molecular weight is 390 g/mol. The molecule has 5 rings (SSSR count). The second kappa shape index (κ2) is 7.69. The second-order valence-electron chi connectivity index (χ2n) is 7.72. The number of fused-ring (bicyclic) bond motifs is 2. The van der Waals surface area contributed by atoms with Crippen LogP contribution in [0.15, 0.2) is 91.3 Å².